The van der Waals surface area contributed by atoms with Gasteiger partial charge in [-0.05, 0) is 38.1 Å². The molecule has 0 fully saturated rings. The zero-order valence-corrected chi connectivity index (χ0v) is 14.0. The lowest BCUT2D eigenvalue weighted by Gasteiger charge is -2.21. The van der Waals surface area contributed by atoms with Gasteiger partial charge in [-0.3, -0.25) is 4.90 Å². The number of guanidine groups is 1. The maximum Gasteiger partial charge on any atom is 0.191 e. The highest BCUT2D eigenvalue weighted by Gasteiger charge is 2.07. The third kappa shape index (κ3) is 5.38. The van der Waals surface area contributed by atoms with Crippen molar-refractivity contribution in [3.8, 4) is 0 Å². The van der Waals surface area contributed by atoms with Crippen LogP contribution in [0.5, 0.6) is 0 Å². The Morgan fingerprint density at radius 1 is 0.952 bits per heavy atom. The average molecular weight is 290 g/mol. The van der Waals surface area contributed by atoms with Gasteiger partial charge in [0.15, 0.2) is 5.96 Å². The number of benzene rings is 1. The number of hydrogen-bond donors (Lipinski definition) is 1. The van der Waals surface area contributed by atoms with Crippen LogP contribution in [0, 0.1) is 0 Å². The lowest BCUT2D eigenvalue weighted by Crippen LogP contribution is -2.37. The van der Waals surface area contributed by atoms with Crippen molar-refractivity contribution in [2.45, 2.75) is 40.8 Å². The van der Waals surface area contributed by atoms with Crippen LogP contribution in [-0.4, -0.2) is 41.9 Å². The molecule has 0 unspecified atom stereocenters. The zero-order valence-electron chi connectivity index (χ0n) is 14.0. The first kappa shape index (κ1) is 17.5. The van der Waals surface area contributed by atoms with Gasteiger partial charge < -0.3 is 10.6 Å². The molecule has 1 aromatic rings. The van der Waals surface area contributed by atoms with Crippen molar-refractivity contribution in [3.05, 3.63) is 35.4 Å². The molecule has 4 heteroatoms. The van der Waals surface area contributed by atoms with Crippen molar-refractivity contribution >= 4 is 5.96 Å². The minimum atomic E-state index is 0.637. The number of aliphatic imine (C=N–C) groups is 1. The van der Waals surface area contributed by atoms with Crippen LogP contribution in [0.25, 0.3) is 0 Å². The first-order valence-electron chi connectivity index (χ1n) is 8.00. The summed E-state index contributed by atoms with van der Waals surface area (Å²) in [5.74, 6) is 0.637. The van der Waals surface area contributed by atoms with Crippen molar-refractivity contribution in [3.63, 3.8) is 0 Å². The molecule has 0 aliphatic heterocycles. The summed E-state index contributed by atoms with van der Waals surface area (Å²) < 4.78 is 0. The van der Waals surface area contributed by atoms with Crippen molar-refractivity contribution in [1.82, 2.24) is 9.80 Å². The largest absolute Gasteiger partial charge is 0.370 e. The molecule has 0 aliphatic rings. The molecular formula is C17H30N4. The molecule has 0 spiro atoms. The van der Waals surface area contributed by atoms with Crippen LogP contribution in [0.1, 0.15) is 38.8 Å². The second kappa shape index (κ2) is 9.40. The van der Waals surface area contributed by atoms with E-state index in [1.54, 1.807) is 0 Å². The molecule has 0 atom stereocenters. The molecule has 2 N–H and O–H groups in total. The molecule has 0 aromatic heterocycles. The van der Waals surface area contributed by atoms with Gasteiger partial charge in [0, 0.05) is 19.6 Å². The molecule has 4 nitrogen and oxygen atoms in total. The normalized spacial score (nSPS) is 12.0. The van der Waals surface area contributed by atoms with Gasteiger partial charge in [0.1, 0.15) is 0 Å². The van der Waals surface area contributed by atoms with Gasteiger partial charge in [-0.15, -0.1) is 0 Å². The molecule has 1 rings (SSSR count). The summed E-state index contributed by atoms with van der Waals surface area (Å²) in [6, 6.07) is 8.51. The Labute approximate surface area is 129 Å². The first-order chi connectivity index (χ1) is 10.2. The number of nitrogens with zero attached hydrogens (tertiary/aromatic N) is 3. The fourth-order valence-electron chi connectivity index (χ4n) is 2.37. The fourth-order valence-corrected chi connectivity index (χ4v) is 2.37. The maximum atomic E-state index is 6.06. The van der Waals surface area contributed by atoms with E-state index in [1.165, 1.54) is 11.1 Å². The van der Waals surface area contributed by atoms with E-state index < -0.39 is 0 Å². The van der Waals surface area contributed by atoms with Gasteiger partial charge in [-0.1, -0.05) is 38.1 Å². The Bertz CT molecular complexity index is 434. The first-order valence-corrected chi connectivity index (χ1v) is 8.00. The Morgan fingerprint density at radius 3 is 2.05 bits per heavy atom. The predicted octanol–water partition coefficient (Wildman–Crippen LogP) is 2.68. The van der Waals surface area contributed by atoms with Crippen LogP contribution in [-0.2, 0) is 13.1 Å². The third-order valence-corrected chi connectivity index (χ3v) is 3.91. The number of nitrogens with two attached hydrogens (primary N) is 1. The second-order valence-corrected chi connectivity index (χ2v) is 5.08. The summed E-state index contributed by atoms with van der Waals surface area (Å²) in [7, 11) is 0. The highest BCUT2D eigenvalue weighted by Crippen LogP contribution is 2.13. The van der Waals surface area contributed by atoms with Crippen molar-refractivity contribution in [2.24, 2.45) is 10.7 Å². The third-order valence-electron chi connectivity index (χ3n) is 3.91. The molecule has 0 aliphatic carbocycles. The van der Waals surface area contributed by atoms with Gasteiger partial charge in [0.2, 0.25) is 0 Å². The molecule has 118 valence electrons. The van der Waals surface area contributed by atoms with E-state index in [9.17, 15) is 0 Å². The summed E-state index contributed by atoms with van der Waals surface area (Å²) in [6.07, 6.45) is 0. The molecule has 21 heavy (non-hydrogen) atoms. The van der Waals surface area contributed by atoms with Gasteiger partial charge in [-0.2, -0.15) is 0 Å². The Balaban J connectivity index is 2.81. The lowest BCUT2D eigenvalue weighted by molar-refractivity contribution is 0.295. The molecule has 0 bridgehead atoms. The van der Waals surface area contributed by atoms with Crippen LogP contribution >= 0.6 is 0 Å². The summed E-state index contributed by atoms with van der Waals surface area (Å²) in [5, 5.41) is 0. The van der Waals surface area contributed by atoms with Crippen LogP contribution in [0.15, 0.2) is 29.3 Å². The Kier molecular flexibility index (Phi) is 7.83. The summed E-state index contributed by atoms with van der Waals surface area (Å²) >= 11 is 0. The van der Waals surface area contributed by atoms with E-state index in [2.05, 4.69) is 66.8 Å². The highest BCUT2D eigenvalue weighted by atomic mass is 15.2. The van der Waals surface area contributed by atoms with E-state index >= 15 is 0 Å². The van der Waals surface area contributed by atoms with E-state index in [0.717, 1.165) is 32.7 Å². The Morgan fingerprint density at radius 2 is 1.52 bits per heavy atom. The van der Waals surface area contributed by atoms with Crippen LogP contribution < -0.4 is 5.73 Å². The molecule has 0 saturated carbocycles. The topological polar surface area (TPSA) is 44.9 Å². The van der Waals surface area contributed by atoms with Crippen LogP contribution in [0.4, 0.5) is 0 Å². The maximum absolute atomic E-state index is 6.06. The quantitative estimate of drug-likeness (QED) is 0.591. The number of hydrogen-bond acceptors (Lipinski definition) is 2. The zero-order chi connectivity index (χ0) is 15.7. The predicted molar refractivity (Wildman–Crippen MR) is 91.3 cm³/mol. The molecule has 0 amide bonds. The highest BCUT2D eigenvalue weighted by molar-refractivity contribution is 5.78. The average Bonchev–Trinajstić information content (AvgIpc) is 2.52. The van der Waals surface area contributed by atoms with Gasteiger partial charge in [0.05, 0.1) is 6.54 Å². The SMILES string of the molecule is CCN(CC)Cc1ccccc1CN=C(N)N(CC)CC. The van der Waals surface area contributed by atoms with E-state index in [1.807, 2.05) is 0 Å². The van der Waals surface area contributed by atoms with Gasteiger partial charge >= 0.3 is 0 Å². The molecule has 0 heterocycles. The minimum Gasteiger partial charge on any atom is -0.370 e. The molecule has 0 radical (unpaired) electrons. The van der Waals surface area contributed by atoms with Crippen LogP contribution in [0.2, 0.25) is 0 Å². The van der Waals surface area contributed by atoms with Gasteiger partial charge in [-0.25, -0.2) is 4.99 Å². The summed E-state index contributed by atoms with van der Waals surface area (Å²) in [4.78, 5) is 9.05. The van der Waals surface area contributed by atoms with E-state index in [4.69, 9.17) is 5.73 Å². The van der Waals surface area contributed by atoms with Crippen LogP contribution in [0.3, 0.4) is 0 Å². The fraction of sp³-hybridized carbons (Fsp3) is 0.588. The minimum absolute atomic E-state index is 0.637. The number of rotatable bonds is 8. The Hall–Kier alpha value is -1.55. The monoisotopic (exact) mass is 290 g/mol. The standard InChI is InChI=1S/C17H30N4/c1-5-20(6-2)14-16-12-10-9-11-15(16)13-19-17(18)21(7-3)8-4/h9-12H,5-8,13-14H2,1-4H3,(H2,18,19). The van der Waals surface area contributed by atoms with Crippen molar-refractivity contribution < 1.29 is 0 Å². The molecular weight excluding hydrogens is 260 g/mol. The van der Waals surface area contributed by atoms with E-state index in [-0.39, 0.29) is 0 Å². The van der Waals surface area contributed by atoms with Crippen molar-refractivity contribution in [1.29, 1.82) is 0 Å². The summed E-state index contributed by atoms with van der Waals surface area (Å²) in [6.45, 7) is 14.1. The molecule has 1 aromatic carbocycles. The summed E-state index contributed by atoms with van der Waals surface area (Å²) in [5.41, 5.74) is 8.66. The van der Waals surface area contributed by atoms with E-state index in [0.29, 0.717) is 12.5 Å². The van der Waals surface area contributed by atoms with Crippen molar-refractivity contribution in [2.75, 3.05) is 26.2 Å². The molecule has 0 saturated heterocycles. The second-order valence-electron chi connectivity index (χ2n) is 5.08. The smallest absolute Gasteiger partial charge is 0.191 e. The lowest BCUT2D eigenvalue weighted by atomic mass is 10.1. The van der Waals surface area contributed by atoms with Gasteiger partial charge in [0.25, 0.3) is 0 Å².